The number of likely N-dealkylation sites (tertiary alicyclic amines) is 1. The van der Waals surface area contributed by atoms with Gasteiger partial charge in [0.05, 0.1) is 28.8 Å². The van der Waals surface area contributed by atoms with Gasteiger partial charge in [0.25, 0.3) is 0 Å². The van der Waals surface area contributed by atoms with Crippen molar-refractivity contribution in [3.8, 4) is 5.69 Å². The number of nitrogens with zero attached hydrogens (tertiary/aromatic N) is 4. The molecule has 1 aliphatic heterocycles. The summed E-state index contributed by atoms with van der Waals surface area (Å²) in [7, 11) is 0. The number of anilines is 1. The number of rotatable bonds is 5. The molecule has 0 radical (unpaired) electrons. The number of hydrogen-bond acceptors (Lipinski definition) is 4. The summed E-state index contributed by atoms with van der Waals surface area (Å²) < 4.78 is 1.65. The van der Waals surface area contributed by atoms with E-state index in [1.807, 2.05) is 30.6 Å². The van der Waals surface area contributed by atoms with Crippen molar-refractivity contribution in [1.82, 2.24) is 25.0 Å². The Morgan fingerprint density at radius 1 is 1.17 bits per heavy atom. The average Bonchev–Trinajstić information content (AvgIpc) is 3.22. The van der Waals surface area contributed by atoms with Crippen molar-refractivity contribution < 1.29 is 4.79 Å². The Hall–Kier alpha value is -2.90. The van der Waals surface area contributed by atoms with Gasteiger partial charge in [-0.25, -0.2) is 9.48 Å². The molecule has 1 atom stereocenters. The topological polar surface area (TPSA) is 75.1 Å². The van der Waals surface area contributed by atoms with Gasteiger partial charge in [0.1, 0.15) is 0 Å². The number of amides is 2. The van der Waals surface area contributed by atoms with E-state index < -0.39 is 0 Å². The quantitative estimate of drug-likeness (QED) is 0.641. The molecule has 1 aromatic carbocycles. The Labute approximate surface area is 181 Å². The second-order valence-corrected chi connectivity index (χ2v) is 7.90. The molecule has 1 saturated heterocycles. The number of aromatic nitrogens is 3. The number of benzene rings is 1. The van der Waals surface area contributed by atoms with E-state index in [4.69, 9.17) is 11.6 Å². The zero-order valence-electron chi connectivity index (χ0n) is 16.8. The number of piperidine rings is 1. The molecule has 1 aliphatic rings. The number of pyridine rings is 1. The van der Waals surface area contributed by atoms with Crippen molar-refractivity contribution in [3.63, 3.8) is 0 Å². The van der Waals surface area contributed by atoms with Gasteiger partial charge in [-0.15, -0.1) is 0 Å². The molecule has 0 spiro atoms. The molecule has 3 aromatic rings. The van der Waals surface area contributed by atoms with Crippen LogP contribution >= 0.6 is 11.6 Å². The van der Waals surface area contributed by atoms with Crippen LogP contribution in [-0.4, -0.2) is 44.8 Å². The molecule has 1 fully saturated rings. The summed E-state index contributed by atoms with van der Waals surface area (Å²) in [6.07, 6.45) is 8.86. The first kappa shape index (κ1) is 20.4. The summed E-state index contributed by atoms with van der Waals surface area (Å²) in [4.78, 5) is 19.0. The lowest BCUT2D eigenvalue weighted by Gasteiger charge is -2.36. The summed E-state index contributed by atoms with van der Waals surface area (Å²) in [6, 6.07) is 11.9. The highest BCUT2D eigenvalue weighted by atomic mass is 35.5. The van der Waals surface area contributed by atoms with Crippen molar-refractivity contribution in [2.24, 2.45) is 0 Å². The first-order chi connectivity index (χ1) is 14.6. The van der Waals surface area contributed by atoms with Gasteiger partial charge in [-0.05, 0) is 49.6 Å². The molecule has 2 amide bonds. The van der Waals surface area contributed by atoms with E-state index >= 15 is 0 Å². The SMILES string of the molecule is CC(c1ccncc1)N1CCC(NC(=O)Nc2cnn(-c3ccccc3Cl)c2)CC1. The first-order valence-electron chi connectivity index (χ1n) is 10.1. The third-order valence-electron chi connectivity index (χ3n) is 5.54. The molecule has 2 aromatic heterocycles. The lowest BCUT2D eigenvalue weighted by atomic mass is 10.0. The lowest BCUT2D eigenvalue weighted by molar-refractivity contribution is 0.154. The van der Waals surface area contributed by atoms with Crippen LogP contribution in [0.4, 0.5) is 10.5 Å². The summed E-state index contributed by atoms with van der Waals surface area (Å²) in [5, 5.41) is 10.8. The Morgan fingerprint density at radius 2 is 1.90 bits per heavy atom. The van der Waals surface area contributed by atoms with Crippen LogP contribution in [0.5, 0.6) is 0 Å². The standard InChI is InChI=1S/C22H25ClN6O/c1-16(17-6-10-24-11-7-17)28-12-8-18(9-13-28)26-22(30)27-19-14-25-29(15-19)21-5-3-2-4-20(21)23/h2-7,10-11,14-16,18H,8-9,12-13H2,1H3,(H2,26,27,30). The molecule has 1 unspecified atom stereocenters. The number of hydrogen-bond donors (Lipinski definition) is 2. The number of urea groups is 1. The molecule has 0 bridgehead atoms. The van der Waals surface area contributed by atoms with E-state index in [9.17, 15) is 4.79 Å². The maximum atomic E-state index is 12.4. The minimum atomic E-state index is -0.214. The largest absolute Gasteiger partial charge is 0.335 e. The van der Waals surface area contributed by atoms with Crippen molar-refractivity contribution >= 4 is 23.3 Å². The van der Waals surface area contributed by atoms with Gasteiger partial charge in [-0.3, -0.25) is 9.88 Å². The molecule has 4 rings (SSSR count). The molecule has 30 heavy (non-hydrogen) atoms. The second-order valence-electron chi connectivity index (χ2n) is 7.49. The van der Waals surface area contributed by atoms with Gasteiger partial charge in [-0.1, -0.05) is 23.7 Å². The maximum absolute atomic E-state index is 12.4. The average molecular weight is 425 g/mol. The van der Waals surface area contributed by atoms with Crippen molar-refractivity contribution in [3.05, 3.63) is 71.8 Å². The molecule has 0 saturated carbocycles. The van der Waals surface area contributed by atoms with Crippen LogP contribution < -0.4 is 10.6 Å². The Balaban J connectivity index is 1.27. The smallest absolute Gasteiger partial charge is 0.319 e. The van der Waals surface area contributed by atoms with E-state index in [1.54, 1.807) is 23.1 Å². The highest BCUT2D eigenvalue weighted by Crippen LogP contribution is 2.24. The fraction of sp³-hybridized carbons (Fsp3) is 0.318. The van der Waals surface area contributed by atoms with Crippen LogP contribution in [0.1, 0.15) is 31.4 Å². The molecule has 3 heterocycles. The van der Waals surface area contributed by atoms with Crippen LogP contribution in [0, 0.1) is 0 Å². The third kappa shape index (κ3) is 4.80. The lowest BCUT2D eigenvalue weighted by Crippen LogP contribution is -2.46. The molecule has 7 nitrogen and oxygen atoms in total. The summed E-state index contributed by atoms with van der Waals surface area (Å²) in [5.41, 5.74) is 2.66. The van der Waals surface area contributed by atoms with Gasteiger partial charge >= 0.3 is 6.03 Å². The van der Waals surface area contributed by atoms with Gasteiger partial charge in [-0.2, -0.15) is 5.10 Å². The van der Waals surface area contributed by atoms with Crippen molar-refractivity contribution in [2.45, 2.75) is 31.8 Å². The fourth-order valence-corrected chi connectivity index (χ4v) is 4.02. The monoisotopic (exact) mass is 424 g/mol. The number of nitrogens with one attached hydrogen (secondary N) is 2. The Bertz CT molecular complexity index is 984. The fourth-order valence-electron chi connectivity index (χ4n) is 3.79. The van der Waals surface area contributed by atoms with Crippen LogP contribution in [0.2, 0.25) is 5.02 Å². The summed E-state index contributed by atoms with van der Waals surface area (Å²) in [6.45, 7) is 4.10. The van der Waals surface area contributed by atoms with Gasteiger partial charge in [0.15, 0.2) is 0 Å². The number of halogens is 1. The Kier molecular flexibility index (Phi) is 6.30. The van der Waals surface area contributed by atoms with Crippen molar-refractivity contribution in [1.29, 1.82) is 0 Å². The van der Waals surface area contributed by atoms with E-state index in [0.29, 0.717) is 16.8 Å². The molecular weight excluding hydrogens is 400 g/mol. The van der Waals surface area contributed by atoms with E-state index in [1.165, 1.54) is 5.56 Å². The minimum absolute atomic E-state index is 0.157. The highest BCUT2D eigenvalue weighted by molar-refractivity contribution is 6.32. The number of carbonyl (C=O) groups is 1. The Morgan fingerprint density at radius 3 is 2.63 bits per heavy atom. The van der Waals surface area contributed by atoms with E-state index in [-0.39, 0.29) is 12.1 Å². The van der Waals surface area contributed by atoms with E-state index in [0.717, 1.165) is 31.6 Å². The predicted octanol–water partition coefficient (Wildman–Crippen LogP) is 4.27. The highest BCUT2D eigenvalue weighted by Gasteiger charge is 2.24. The van der Waals surface area contributed by atoms with Crippen LogP contribution in [0.3, 0.4) is 0 Å². The maximum Gasteiger partial charge on any atom is 0.319 e. The normalized spacial score (nSPS) is 16.2. The summed E-state index contributed by atoms with van der Waals surface area (Å²) in [5.74, 6) is 0. The molecule has 0 aliphatic carbocycles. The zero-order chi connectivity index (χ0) is 20.9. The molecule has 8 heteroatoms. The molecular formula is C22H25ClN6O. The van der Waals surface area contributed by atoms with Gasteiger partial charge in [0, 0.05) is 37.6 Å². The van der Waals surface area contributed by atoms with Crippen molar-refractivity contribution in [2.75, 3.05) is 18.4 Å². The van der Waals surface area contributed by atoms with Crippen LogP contribution in [0.15, 0.2) is 61.2 Å². The third-order valence-corrected chi connectivity index (χ3v) is 5.86. The second kappa shape index (κ2) is 9.28. The molecule has 156 valence electrons. The van der Waals surface area contributed by atoms with Crippen LogP contribution in [-0.2, 0) is 0 Å². The van der Waals surface area contributed by atoms with Gasteiger partial charge in [0.2, 0.25) is 0 Å². The first-order valence-corrected chi connectivity index (χ1v) is 10.5. The number of para-hydroxylation sites is 1. The van der Waals surface area contributed by atoms with Gasteiger partial charge < -0.3 is 10.6 Å². The summed E-state index contributed by atoms with van der Waals surface area (Å²) >= 11 is 6.21. The van der Waals surface area contributed by atoms with Crippen LogP contribution in [0.25, 0.3) is 5.69 Å². The minimum Gasteiger partial charge on any atom is -0.335 e. The van der Waals surface area contributed by atoms with E-state index in [2.05, 4.69) is 44.7 Å². The number of carbonyl (C=O) groups excluding carboxylic acids is 1. The molecule has 2 N–H and O–H groups in total. The zero-order valence-corrected chi connectivity index (χ0v) is 17.6. The predicted molar refractivity (Wildman–Crippen MR) is 118 cm³/mol.